The number of nitrogens with one attached hydrogen (secondary N) is 1. The summed E-state index contributed by atoms with van der Waals surface area (Å²) >= 11 is 0. The lowest BCUT2D eigenvalue weighted by Crippen LogP contribution is -2.29. The second-order valence-electron chi connectivity index (χ2n) is 4.35. The molecule has 0 saturated carbocycles. The Hall–Kier alpha value is -1.35. The van der Waals surface area contributed by atoms with Gasteiger partial charge in [-0.15, -0.1) is 0 Å². The lowest BCUT2D eigenvalue weighted by Gasteiger charge is -2.19. The van der Waals surface area contributed by atoms with Crippen molar-refractivity contribution in [1.82, 2.24) is 5.32 Å². The van der Waals surface area contributed by atoms with E-state index in [1.165, 1.54) is 0 Å². The Morgan fingerprint density at radius 1 is 1.35 bits per heavy atom. The lowest BCUT2D eigenvalue weighted by atomic mass is 9.93. The van der Waals surface area contributed by atoms with Gasteiger partial charge in [-0.05, 0) is 18.9 Å². The zero-order chi connectivity index (χ0) is 12.7. The molecular weight excluding hydrogens is 214 g/mol. The fraction of sp³-hybridized carbons (Fsp3) is 0.500. The molecule has 0 bridgehead atoms. The van der Waals surface area contributed by atoms with E-state index in [2.05, 4.69) is 5.32 Å². The van der Waals surface area contributed by atoms with Crippen LogP contribution in [0.15, 0.2) is 30.3 Å². The Balaban J connectivity index is 2.64. The Kier molecular flexibility index (Phi) is 5.70. The molecular formula is C14H21NO2. The highest BCUT2D eigenvalue weighted by Gasteiger charge is 2.14. The second-order valence-corrected chi connectivity index (χ2v) is 4.35. The van der Waals surface area contributed by atoms with E-state index in [0.29, 0.717) is 19.4 Å². The number of hydrogen-bond donors (Lipinski definition) is 2. The van der Waals surface area contributed by atoms with Crippen molar-refractivity contribution >= 4 is 5.91 Å². The zero-order valence-corrected chi connectivity index (χ0v) is 10.5. The van der Waals surface area contributed by atoms with Crippen LogP contribution in [0.2, 0.25) is 0 Å². The largest absolute Gasteiger partial charge is 0.393 e. The average molecular weight is 235 g/mol. The Bertz CT molecular complexity index is 335. The second kappa shape index (κ2) is 7.07. The molecule has 0 aliphatic rings. The minimum atomic E-state index is -0.362. The van der Waals surface area contributed by atoms with E-state index >= 15 is 0 Å². The molecule has 1 amide bonds. The molecule has 0 aromatic heterocycles. The van der Waals surface area contributed by atoms with Gasteiger partial charge in [0.05, 0.1) is 6.10 Å². The zero-order valence-electron chi connectivity index (χ0n) is 10.5. The molecule has 3 nitrogen and oxygen atoms in total. The van der Waals surface area contributed by atoms with Crippen molar-refractivity contribution in [2.45, 2.75) is 38.7 Å². The van der Waals surface area contributed by atoms with E-state index in [1.54, 1.807) is 6.92 Å². The Morgan fingerprint density at radius 2 is 2.00 bits per heavy atom. The normalized spacial score (nSPS) is 14.1. The van der Waals surface area contributed by atoms with Gasteiger partial charge in [0, 0.05) is 18.9 Å². The van der Waals surface area contributed by atoms with Crippen LogP contribution >= 0.6 is 0 Å². The maximum absolute atomic E-state index is 11.3. The summed E-state index contributed by atoms with van der Waals surface area (Å²) in [6.07, 6.45) is 0.795. The summed E-state index contributed by atoms with van der Waals surface area (Å²) in [5.41, 5.74) is 1.16. The van der Waals surface area contributed by atoms with Crippen LogP contribution in [-0.4, -0.2) is 23.7 Å². The van der Waals surface area contributed by atoms with Crippen LogP contribution in [0.4, 0.5) is 0 Å². The summed E-state index contributed by atoms with van der Waals surface area (Å²) in [6, 6.07) is 9.99. The summed E-state index contributed by atoms with van der Waals surface area (Å²) in [5.74, 6) is 0.225. The van der Waals surface area contributed by atoms with Crippen molar-refractivity contribution in [1.29, 1.82) is 0 Å². The summed E-state index contributed by atoms with van der Waals surface area (Å²) in [6.45, 7) is 4.20. The maximum atomic E-state index is 11.3. The van der Waals surface area contributed by atoms with E-state index in [0.717, 1.165) is 5.56 Å². The van der Waals surface area contributed by atoms with Crippen LogP contribution in [0.25, 0.3) is 0 Å². The topological polar surface area (TPSA) is 49.3 Å². The molecule has 1 aromatic carbocycles. The first kappa shape index (κ1) is 13.7. The van der Waals surface area contributed by atoms with Gasteiger partial charge >= 0.3 is 0 Å². The van der Waals surface area contributed by atoms with Crippen molar-refractivity contribution in [3.8, 4) is 0 Å². The van der Waals surface area contributed by atoms with Crippen molar-refractivity contribution in [2.24, 2.45) is 0 Å². The van der Waals surface area contributed by atoms with Crippen molar-refractivity contribution in [3.63, 3.8) is 0 Å². The molecule has 0 radical (unpaired) electrons. The highest BCUT2D eigenvalue weighted by molar-refractivity contribution is 5.75. The molecule has 94 valence electrons. The number of rotatable bonds is 6. The van der Waals surface area contributed by atoms with Gasteiger partial charge in [0.2, 0.25) is 5.91 Å². The monoisotopic (exact) mass is 235 g/mol. The van der Waals surface area contributed by atoms with Gasteiger partial charge in [-0.2, -0.15) is 0 Å². The van der Waals surface area contributed by atoms with Gasteiger partial charge in [0.15, 0.2) is 0 Å². The molecule has 2 N–H and O–H groups in total. The third kappa shape index (κ3) is 5.00. The predicted octanol–water partition coefficient (Wildman–Crippen LogP) is 2.07. The van der Waals surface area contributed by atoms with Crippen LogP contribution < -0.4 is 5.32 Å². The van der Waals surface area contributed by atoms with Crippen LogP contribution in [0.1, 0.15) is 38.2 Å². The number of aliphatic hydroxyl groups is 1. The smallest absolute Gasteiger partial charge is 0.219 e. The number of carbonyl (C=O) groups is 1. The molecule has 0 saturated heterocycles. The fourth-order valence-electron chi connectivity index (χ4n) is 1.84. The van der Waals surface area contributed by atoms with Crippen molar-refractivity contribution < 1.29 is 9.90 Å². The van der Waals surface area contributed by atoms with Crippen LogP contribution in [0.5, 0.6) is 0 Å². The van der Waals surface area contributed by atoms with Crippen LogP contribution in [0, 0.1) is 0 Å². The van der Waals surface area contributed by atoms with Crippen molar-refractivity contribution in [2.75, 3.05) is 6.54 Å². The average Bonchev–Trinajstić information content (AvgIpc) is 2.34. The van der Waals surface area contributed by atoms with Gasteiger partial charge in [0.25, 0.3) is 0 Å². The quantitative estimate of drug-likeness (QED) is 0.793. The third-order valence-electron chi connectivity index (χ3n) is 2.76. The van der Waals surface area contributed by atoms with E-state index in [9.17, 15) is 9.90 Å². The third-order valence-corrected chi connectivity index (χ3v) is 2.76. The molecule has 2 atom stereocenters. The van der Waals surface area contributed by atoms with Gasteiger partial charge in [0.1, 0.15) is 0 Å². The first-order valence-corrected chi connectivity index (χ1v) is 6.13. The summed E-state index contributed by atoms with van der Waals surface area (Å²) in [7, 11) is 0. The highest BCUT2D eigenvalue weighted by Crippen LogP contribution is 2.20. The molecule has 0 aliphatic carbocycles. The molecule has 17 heavy (non-hydrogen) atoms. The number of carbonyl (C=O) groups excluding carboxylic acids is 1. The summed E-state index contributed by atoms with van der Waals surface area (Å²) in [4.78, 5) is 11.3. The molecule has 3 heteroatoms. The SMILES string of the molecule is CCC(=O)NCC(CC(C)O)c1ccccc1. The van der Waals surface area contributed by atoms with E-state index in [1.807, 2.05) is 37.3 Å². The minimum Gasteiger partial charge on any atom is -0.393 e. The molecule has 0 heterocycles. The highest BCUT2D eigenvalue weighted by atomic mass is 16.3. The van der Waals surface area contributed by atoms with Crippen LogP contribution in [0.3, 0.4) is 0 Å². The molecule has 0 fully saturated rings. The lowest BCUT2D eigenvalue weighted by molar-refractivity contribution is -0.120. The first-order chi connectivity index (χ1) is 8.13. The Labute approximate surface area is 103 Å². The van der Waals surface area contributed by atoms with Gasteiger partial charge in [-0.3, -0.25) is 4.79 Å². The van der Waals surface area contributed by atoms with Gasteiger partial charge in [-0.25, -0.2) is 0 Å². The Morgan fingerprint density at radius 3 is 2.53 bits per heavy atom. The standard InChI is InChI=1S/C14H21NO2/c1-3-14(17)15-10-13(9-11(2)16)12-7-5-4-6-8-12/h4-8,11,13,16H,3,9-10H2,1-2H3,(H,15,17). The van der Waals surface area contributed by atoms with Gasteiger partial charge in [-0.1, -0.05) is 37.3 Å². The number of amides is 1. The first-order valence-electron chi connectivity index (χ1n) is 6.13. The van der Waals surface area contributed by atoms with Crippen LogP contribution in [-0.2, 0) is 4.79 Å². The van der Waals surface area contributed by atoms with E-state index in [-0.39, 0.29) is 17.9 Å². The maximum Gasteiger partial charge on any atom is 0.219 e. The predicted molar refractivity (Wildman–Crippen MR) is 68.8 cm³/mol. The number of hydrogen-bond acceptors (Lipinski definition) is 2. The van der Waals surface area contributed by atoms with E-state index in [4.69, 9.17) is 0 Å². The fourth-order valence-corrected chi connectivity index (χ4v) is 1.84. The number of aliphatic hydroxyl groups excluding tert-OH is 1. The minimum absolute atomic E-state index is 0.0523. The molecule has 0 aliphatic heterocycles. The summed E-state index contributed by atoms with van der Waals surface area (Å²) in [5, 5.41) is 12.4. The van der Waals surface area contributed by atoms with Gasteiger partial charge < -0.3 is 10.4 Å². The summed E-state index contributed by atoms with van der Waals surface area (Å²) < 4.78 is 0. The molecule has 0 spiro atoms. The number of benzene rings is 1. The van der Waals surface area contributed by atoms with Crippen molar-refractivity contribution in [3.05, 3.63) is 35.9 Å². The molecule has 2 unspecified atom stereocenters. The molecule has 1 rings (SSSR count). The molecule has 1 aromatic rings. The van der Waals surface area contributed by atoms with E-state index < -0.39 is 0 Å².